The van der Waals surface area contributed by atoms with Gasteiger partial charge in [0.25, 0.3) is 0 Å². The van der Waals surface area contributed by atoms with Crippen molar-refractivity contribution < 1.29 is 17.6 Å². The van der Waals surface area contributed by atoms with Crippen LogP contribution in [0.25, 0.3) is 21.9 Å². The lowest BCUT2D eigenvalue weighted by Crippen LogP contribution is -2.01. The van der Waals surface area contributed by atoms with Crippen molar-refractivity contribution in [3.63, 3.8) is 0 Å². The van der Waals surface area contributed by atoms with Crippen molar-refractivity contribution in [2.24, 2.45) is 0 Å². The van der Waals surface area contributed by atoms with Crippen molar-refractivity contribution in [3.8, 4) is 11.1 Å². The van der Waals surface area contributed by atoms with E-state index in [0.29, 0.717) is 11.1 Å². The normalized spacial score (nSPS) is 12.3. The molecule has 4 aromatic rings. The Morgan fingerprint density at radius 2 is 1.45 bits per heavy atom. The molecule has 0 aromatic heterocycles. The number of hydrogen-bond donors (Lipinski definition) is 0. The first-order valence-electron chi connectivity index (χ1n) is 9.41. The zero-order valence-electron chi connectivity index (χ0n) is 15.7. The van der Waals surface area contributed by atoms with Crippen LogP contribution in [0.2, 0.25) is 0 Å². The van der Waals surface area contributed by atoms with Gasteiger partial charge in [0.05, 0.1) is 0 Å². The summed E-state index contributed by atoms with van der Waals surface area (Å²) in [5, 5.41) is 0.137. The van der Waals surface area contributed by atoms with E-state index in [0.717, 1.165) is 23.6 Å². The van der Waals surface area contributed by atoms with Gasteiger partial charge in [-0.15, -0.1) is 0 Å². The lowest BCUT2D eigenvalue weighted by atomic mass is 9.88. The lowest BCUT2D eigenvalue weighted by Gasteiger charge is -2.17. The second-order valence-electron chi connectivity index (χ2n) is 7.03. The average molecular weight is 394 g/mol. The molecule has 0 nitrogen and oxygen atoms in total. The number of rotatable bonds is 4. The van der Waals surface area contributed by atoms with E-state index in [2.05, 4.69) is 6.92 Å². The van der Waals surface area contributed by atoms with Crippen molar-refractivity contribution in [1.82, 2.24) is 0 Å². The predicted octanol–water partition coefficient (Wildman–Crippen LogP) is 7.61. The SMILES string of the molecule is CCC(c1ccccc1)c1ccc(-c2ccc3c(F)c(F)c(F)cc3c2)c(F)c1. The van der Waals surface area contributed by atoms with Crippen LogP contribution in [0.4, 0.5) is 17.6 Å². The molecule has 4 rings (SSSR count). The quantitative estimate of drug-likeness (QED) is 0.247. The number of fused-ring (bicyclic) bond motifs is 1. The second-order valence-corrected chi connectivity index (χ2v) is 7.03. The third kappa shape index (κ3) is 3.51. The summed E-state index contributed by atoms with van der Waals surface area (Å²) in [7, 11) is 0. The molecular formula is C25H18F4. The van der Waals surface area contributed by atoms with Crippen molar-refractivity contribution in [2.45, 2.75) is 19.3 Å². The van der Waals surface area contributed by atoms with Gasteiger partial charge in [-0.2, -0.15) is 0 Å². The van der Waals surface area contributed by atoms with Crippen LogP contribution < -0.4 is 0 Å². The zero-order valence-corrected chi connectivity index (χ0v) is 15.7. The molecule has 0 bridgehead atoms. The molecular weight excluding hydrogens is 376 g/mol. The largest absolute Gasteiger partial charge is 0.206 e. The van der Waals surface area contributed by atoms with Crippen molar-refractivity contribution in [1.29, 1.82) is 0 Å². The van der Waals surface area contributed by atoms with E-state index in [4.69, 9.17) is 0 Å². The topological polar surface area (TPSA) is 0 Å². The number of hydrogen-bond acceptors (Lipinski definition) is 0. The summed E-state index contributed by atoms with van der Waals surface area (Å²) in [6.45, 7) is 2.05. The Hall–Kier alpha value is -3.14. The molecule has 1 unspecified atom stereocenters. The molecule has 0 aliphatic carbocycles. The van der Waals surface area contributed by atoms with Crippen molar-refractivity contribution in [3.05, 3.63) is 107 Å². The van der Waals surface area contributed by atoms with Crippen molar-refractivity contribution in [2.75, 3.05) is 0 Å². The Labute approximate surface area is 166 Å². The van der Waals surface area contributed by atoms with Gasteiger partial charge in [0.15, 0.2) is 17.5 Å². The minimum Gasteiger partial charge on any atom is -0.206 e. The van der Waals surface area contributed by atoms with Crippen molar-refractivity contribution >= 4 is 10.8 Å². The zero-order chi connectivity index (χ0) is 20.5. The molecule has 29 heavy (non-hydrogen) atoms. The summed E-state index contributed by atoms with van der Waals surface area (Å²) in [4.78, 5) is 0. The summed E-state index contributed by atoms with van der Waals surface area (Å²) in [6, 6.07) is 20.2. The first kappa shape index (κ1) is 19.2. The highest BCUT2D eigenvalue weighted by molar-refractivity contribution is 5.88. The second kappa shape index (κ2) is 7.70. The van der Waals surface area contributed by atoms with Gasteiger partial charge in [-0.1, -0.05) is 61.5 Å². The maximum absolute atomic E-state index is 15.0. The fraction of sp³-hybridized carbons (Fsp3) is 0.120. The molecule has 0 saturated heterocycles. The van der Waals surface area contributed by atoms with Gasteiger partial charge in [-0.3, -0.25) is 0 Å². The Kier molecular flexibility index (Phi) is 5.10. The molecule has 0 saturated carbocycles. The molecule has 4 aromatic carbocycles. The molecule has 0 aliphatic heterocycles. The van der Waals surface area contributed by atoms with Gasteiger partial charge < -0.3 is 0 Å². The van der Waals surface area contributed by atoms with Crippen LogP contribution in [0, 0.1) is 23.3 Å². The van der Waals surface area contributed by atoms with E-state index in [9.17, 15) is 17.6 Å². The molecule has 0 amide bonds. The Morgan fingerprint density at radius 1 is 0.690 bits per heavy atom. The molecule has 0 N–H and O–H groups in total. The van der Waals surface area contributed by atoms with Crippen LogP contribution in [0.5, 0.6) is 0 Å². The van der Waals surface area contributed by atoms with Gasteiger partial charge in [-0.05, 0) is 46.7 Å². The van der Waals surface area contributed by atoms with E-state index >= 15 is 0 Å². The maximum Gasteiger partial charge on any atom is 0.195 e. The first-order valence-corrected chi connectivity index (χ1v) is 9.41. The van der Waals surface area contributed by atoms with Crippen LogP contribution in [-0.2, 0) is 0 Å². The fourth-order valence-electron chi connectivity index (χ4n) is 3.80. The Balaban J connectivity index is 1.76. The molecule has 146 valence electrons. The van der Waals surface area contributed by atoms with Gasteiger partial charge in [0.2, 0.25) is 0 Å². The van der Waals surface area contributed by atoms with Gasteiger partial charge >= 0.3 is 0 Å². The minimum atomic E-state index is -1.51. The number of halogens is 4. The van der Waals surface area contributed by atoms with Crippen LogP contribution >= 0.6 is 0 Å². The predicted molar refractivity (Wildman–Crippen MR) is 108 cm³/mol. The summed E-state index contributed by atoms with van der Waals surface area (Å²) in [5.74, 6) is -4.36. The van der Waals surface area contributed by atoms with Crippen LogP contribution in [0.1, 0.15) is 30.4 Å². The fourth-order valence-corrected chi connectivity index (χ4v) is 3.80. The summed E-state index contributed by atoms with van der Waals surface area (Å²) in [6.07, 6.45) is 0.822. The minimum absolute atomic E-state index is 0.0418. The van der Waals surface area contributed by atoms with E-state index in [1.807, 2.05) is 36.4 Å². The van der Waals surface area contributed by atoms with E-state index in [1.54, 1.807) is 6.07 Å². The molecule has 0 aliphatic rings. The first-order chi connectivity index (χ1) is 14.0. The molecule has 0 heterocycles. The number of benzene rings is 4. The smallest absolute Gasteiger partial charge is 0.195 e. The summed E-state index contributed by atoms with van der Waals surface area (Å²) >= 11 is 0. The lowest BCUT2D eigenvalue weighted by molar-refractivity contribution is 0.453. The molecule has 1 atom stereocenters. The highest BCUT2D eigenvalue weighted by atomic mass is 19.2. The standard InChI is InChI=1S/C25H18F4/c1-2-19(15-6-4-3-5-7-15)17-8-10-20(22(26)13-17)16-9-11-21-18(12-16)14-23(27)25(29)24(21)28/h3-14,19H,2H2,1H3. The molecule has 4 heteroatoms. The maximum atomic E-state index is 15.0. The molecule has 0 spiro atoms. The van der Waals surface area contributed by atoms with Gasteiger partial charge in [0.1, 0.15) is 5.82 Å². The van der Waals surface area contributed by atoms with Crippen LogP contribution in [-0.4, -0.2) is 0 Å². The third-order valence-electron chi connectivity index (χ3n) is 5.29. The summed E-state index contributed by atoms with van der Waals surface area (Å²) in [5.41, 5.74) is 2.77. The monoisotopic (exact) mass is 394 g/mol. The average Bonchev–Trinajstić information content (AvgIpc) is 2.73. The van der Waals surface area contributed by atoms with E-state index in [1.165, 1.54) is 24.3 Å². The van der Waals surface area contributed by atoms with Crippen LogP contribution in [0.3, 0.4) is 0 Å². The van der Waals surface area contributed by atoms with Crippen LogP contribution in [0.15, 0.2) is 72.8 Å². The van der Waals surface area contributed by atoms with Gasteiger partial charge in [-0.25, -0.2) is 17.6 Å². The highest BCUT2D eigenvalue weighted by Gasteiger charge is 2.17. The van der Waals surface area contributed by atoms with E-state index < -0.39 is 23.3 Å². The van der Waals surface area contributed by atoms with E-state index in [-0.39, 0.29) is 16.7 Å². The Bertz CT molecular complexity index is 1180. The summed E-state index contributed by atoms with van der Waals surface area (Å²) < 4.78 is 55.9. The molecule has 0 fully saturated rings. The highest BCUT2D eigenvalue weighted by Crippen LogP contribution is 2.33. The van der Waals surface area contributed by atoms with Gasteiger partial charge in [0, 0.05) is 16.9 Å². The molecule has 0 radical (unpaired) electrons. The third-order valence-corrected chi connectivity index (χ3v) is 5.29. The Morgan fingerprint density at radius 3 is 2.14 bits per heavy atom.